The Morgan fingerprint density at radius 1 is 1.19 bits per heavy atom. The van der Waals surface area contributed by atoms with Gasteiger partial charge in [0, 0.05) is 32.8 Å². The molecular formula is C16H12Cl2N2O. The molecule has 1 aromatic heterocycles. The molecule has 0 saturated carbocycles. The van der Waals surface area contributed by atoms with Crippen LogP contribution < -0.4 is 5.32 Å². The van der Waals surface area contributed by atoms with Gasteiger partial charge in [0.1, 0.15) is 0 Å². The van der Waals surface area contributed by atoms with Crippen LogP contribution in [0.15, 0.2) is 42.6 Å². The summed E-state index contributed by atoms with van der Waals surface area (Å²) in [6.07, 6.45) is 1.68. The molecule has 0 aliphatic heterocycles. The first-order chi connectivity index (χ1) is 10.1. The molecule has 1 heterocycles. The van der Waals surface area contributed by atoms with Gasteiger partial charge in [0.2, 0.25) is 0 Å². The fraction of sp³-hybridized carbons (Fsp3) is 0.0625. The molecule has 3 rings (SSSR count). The van der Waals surface area contributed by atoms with Crippen LogP contribution in [0.2, 0.25) is 10.0 Å². The number of rotatable bonds is 2. The van der Waals surface area contributed by atoms with Gasteiger partial charge in [-0.1, -0.05) is 29.3 Å². The highest BCUT2D eigenvalue weighted by molar-refractivity contribution is 6.32. The average molecular weight is 319 g/mol. The average Bonchev–Trinajstić information content (AvgIpc) is 2.87. The highest BCUT2D eigenvalue weighted by Crippen LogP contribution is 2.26. The van der Waals surface area contributed by atoms with Gasteiger partial charge in [0.25, 0.3) is 5.91 Å². The normalized spacial score (nSPS) is 10.8. The van der Waals surface area contributed by atoms with E-state index in [1.807, 2.05) is 19.1 Å². The number of amides is 1. The van der Waals surface area contributed by atoms with Crippen molar-refractivity contribution in [2.75, 3.05) is 5.32 Å². The van der Waals surface area contributed by atoms with Gasteiger partial charge in [0.15, 0.2) is 0 Å². The molecule has 0 radical (unpaired) electrons. The van der Waals surface area contributed by atoms with Crippen LogP contribution >= 0.6 is 23.2 Å². The molecule has 0 unspecified atom stereocenters. The van der Waals surface area contributed by atoms with Crippen molar-refractivity contribution in [2.24, 2.45) is 0 Å². The maximum atomic E-state index is 12.4. The maximum Gasteiger partial charge on any atom is 0.257 e. The van der Waals surface area contributed by atoms with E-state index in [0.717, 1.165) is 16.5 Å². The number of aromatic nitrogens is 1. The van der Waals surface area contributed by atoms with Gasteiger partial charge in [-0.25, -0.2) is 0 Å². The Balaban J connectivity index is 1.97. The summed E-state index contributed by atoms with van der Waals surface area (Å²) in [5.74, 6) is -0.200. The van der Waals surface area contributed by atoms with Crippen molar-refractivity contribution in [3.05, 3.63) is 63.8 Å². The second-order valence-corrected chi connectivity index (χ2v) is 5.60. The Kier molecular flexibility index (Phi) is 3.62. The zero-order valence-electron chi connectivity index (χ0n) is 11.2. The Hall–Kier alpha value is -1.97. The third-order valence-electron chi connectivity index (χ3n) is 3.40. The Bertz CT molecular complexity index is 839. The molecule has 3 nitrogen and oxygen atoms in total. The Labute approximate surface area is 131 Å². The molecule has 0 saturated heterocycles. The predicted molar refractivity (Wildman–Crippen MR) is 87.5 cm³/mol. The van der Waals surface area contributed by atoms with Crippen molar-refractivity contribution in [2.45, 2.75) is 6.92 Å². The smallest absolute Gasteiger partial charge is 0.257 e. The van der Waals surface area contributed by atoms with Gasteiger partial charge in [0.05, 0.1) is 5.56 Å². The number of nitrogens with one attached hydrogen (secondary N) is 2. The van der Waals surface area contributed by atoms with E-state index in [9.17, 15) is 4.79 Å². The third kappa shape index (κ3) is 2.62. The quantitative estimate of drug-likeness (QED) is 0.683. The van der Waals surface area contributed by atoms with Crippen LogP contribution in [-0.2, 0) is 0 Å². The van der Waals surface area contributed by atoms with E-state index in [1.165, 1.54) is 0 Å². The molecule has 5 heteroatoms. The summed E-state index contributed by atoms with van der Waals surface area (Å²) >= 11 is 12.1. The molecule has 1 amide bonds. The lowest BCUT2D eigenvalue weighted by Gasteiger charge is -2.09. The van der Waals surface area contributed by atoms with Crippen molar-refractivity contribution >= 4 is 45.7 Å². The number of halogens is 2. The largest absolute Gasteiger partial charge is 0.360 e. The summed E-state index contributed by atoms with van der Waals surface area (Å²) in [7, 11) is 0. The number of fused-ring (bicyclic) bond motifs is 1. The first-order valence-corrected chi connectivity index (χ1v) is 7.15. The standard InChI is InChI=1S/C16H12Cl2N2O/c1-9-13(18)3-2-4-14(9)20-16(21)12-8-19-15-6-5-10(17)7-11(12)15/h2-8,19H,1H3,(H,20,21). The van der Waals surface area contributed by atoms with E-state index in [0.29, 0.717) is 21.3 Å². The number of carbonyl (C=O) groups is 1. The summed E-state index contributed by atoms with van der Waals surface area (Å²) < 4.78 is 0. The van der Waals surface area contributed by atoms with Crippen molar-refractivity contribution < 1.29 is 4.79 Å². The highest BCUT2D eigenvalue weighted by atomic mass is 35.5. The Morgan fingerprint density at radius 2 is 2.00 bits per heavy atom. The monoisotopic (exact) mass is 318 g/mol. The number of H-pyrrole nitrogens is 1. The van der Waals surface area contributed by atoms with Crippen LogP contribution in [0.5, 0.6) is 0 Å². The van der Waals surface area contributed by atoms with Gasteiger partial charge in [-0.2, -0.15) is 0 Å². The first-order valence-electron chi connectivity index (χ1n) is 6.39. The molecule has 0 aliphatic carbocycles. The first kappa shape index (κ1) is 14.0. The zero-order valence-corrected chi connectivity index (χ0v) is 12.7. The molecule has 0 atom stereocenters. The SMILES string of the molecule is Cc1c(Cl)cccc1NC(=O)c1c[nH]c2ccc(Cl)cc12. The fourth-order valence-corrected chi connectivity index (χ4v) is 2.56. The molecular weight excluding hydrogens is 307 g/mol. The van der Waals surface area contributed by atoms with Crippen molar-refractivity contribution in [3.8, 4) is 0 Å². The number of anilines is 1. The van der Waals surface area contributed by atoms with E-state index in [-0.39, 0.29) is 5.91 Å². The number of benzene rings is 2. The Morgan fingerprint density at radius 3 is 2.81 bits per heavy atom. The van der Waals surface area contributed by atoms with E-state index >= 15 is 0 Å². The molecule has 2 N–H and O–H groups in total. The lowest BCUT2D eigenvalue weighted by molar-refractivity contribution is 0.102. The number of hydrogen-bond acceptors (Lipinski definition) is 1. The predicted octanol–water partition coefficient (Wildman–Crippen LogP) is 5.04. The molecule has 0 fully saturated rings. The molecule has 0 aliphatic rings. The second-order valence-electron chi connectivity index (χ2n) is 4.76. The molecule has 3 aromatic rings. The number of aromatic amines is 1. The van der Waals surface area contributed by atoms with Crippen LogP contribution in [0.3, 0.4) is 0 Å². The molecule has 2 aromatic carbocycles. The summed E-state index contributed by atoms with van der Waals surface area (Å²) in [5, 5.41) is 4.88. The molecule has 21 heavy (non-hydrogen) atoms. The van der Waals surface area contributed by atoms with Crippen molar-refractivity contribution in [1.82, 2.24) is 4.98 Å². The summed E-state index contributed by atoms with van der Waals surface area (Å²) in [4.78, 5) is 15.5. The minimum absolute atomic E-state index is 0.200. The van der Waals surface area contributed by atoms with Crippen molar-refractivity contribution in [1.29, 1.82) is 0 Å². The van der Waals surface area contributed by atoms with Crippen LogP contribution in [-0.4, -0.2) is 10.9 Å². The third-order valence-corrected chi connectivity index (χ3v) is 4.05. The van der Waals surface area contributed by atoms with Gasteiger partial charge >= 0.3 is 0 Å². The van der Waals surface area contributed by atoms with Gasteiger partial charge in [-0.15, -0.1) is 0 Å². The van der Waals surface area contributed by atoms with Crippen molar-refractivity contribution in [3.63, 3.8) is 0 Å². The zero-order chi connectivity index (χ0) is 15.0. The van der Waals surface area contributed by atoms with Crippen LogP contribution in [0.1, 0.15) is 15.9 Å². The number of hydrogen-bond donors (Lipinski definition) is 2. The van der Waals surface area contributed by atoms with Crippen LogP contribution in [0.4, 0.5) is 5.69 Å². The lowest BCUT2D eigenvalue weighted by atomic mass is 10.1. The topological polar surface area (TPSA) is 44.9 Å². The van der Waals surface area contributed by atoms with Gasteiger partial charge < -0.3 is 10.3 Å². The minimum Gasteiger partial charge on any atom is -0.360 e. The van der Waals surface area contributed by atoms with Crippen LogP contribution in [0, 0.1) is 6.92 Å². The maximum absolute atomic E-state index is 12.4. The summed E-state index contributed by atoms with van der Waals surface area (Å²) in [6, 6.07) is 10.8. The minimum atomic E-state index is -0.200. The summed E-state index contributed by atoms with van der Waals surface area (Å²) in [5.41, 5.74) is 2.95. The summed E-state index contributed by atoms with van der Waals surface area (Å²) in [6.45, 7) is 1.87. The fourth-order valence-electron chi connectivity index (χ4n) is 2.21. The molecule has 0 bridgehead atoms. The number of carbonyl (C=O) groups excluding carboxylic acids is 1. The lowest BCUT2D eigenvalue weighted by Crippen LogP contribution is -2.12. The van der Waals surface area contributed by atoms with E-state index in [2.05, 4.69) is 10.3 Å². The van der Waals surface area contributed by atoms with Gasteiger partial charge in [-0.3, -0.25) is 4.79 Å². The van der Waals surface area contributed by atoms with E-state index in [1.54, 1.807) is 30.5 Å². The highest BCUT2D eigenvalue weighted by Gasteiger charge is 2.14. The van der Waals surface area contributed by atoms with Crippen LogP contribution in [0.25, 0.3) is 10.9 Å². The molecule has 0 spiro atoms. The molecule has 106 valence electrons. The second kappa shape index (κ2) is 5.43. The van der Waals surface area contributed by atoms with E-state index < -0.39 is 0 Å². The van der Waals surface area contributed by atoms with E-state index in [4.69, 9.17) is 23.2 Å². The van der Waals surface area contributed by atoms with Gasteiger partial charge in [-0.05, 0) is 42.8 Å².